The predicted molar refractivity (Wildman–Crippen MR) is 73.7 cm³/mol. The first-order valence-corrected chi connectivity index (χ1v) is 6.56. The van der Waals surface area contributed by atoms with Gasteiger partial charge in [0.05, 0.1) is 4.47 Å². The third kappa shape index (κ3) is 3.17. The number of carbonyl (C=O) groups excluding carboxylic acids is 1. The molecular weight excluding hydrogens is 367 g/mol. The fourth-order valence-corrected chi connectivity index (χ4v) is 2.52. The first kappa shape index (κ1) is 13.2. The zero-order chi connectivity index (χ0) is 13.1. The zero-order valence-electron chi connectivity index (χ0n) is 8.99. The lowest BCUT2D eigenvalue weighted by Gasteiger charge is -2.08. The maximum Gasteiger partial charge on any atom is 0.150 e. The number of rotatable bonds is 3. The molecular formula is C13H7Br2FO2. The van der Waals surface area contributed by atoms with E-state index in [0.29, 0.717) is 12.0 Å². The van der Waals surface area contributed by atoms with Crippen LogP contribution in [-0.4, -0.2) is 6.29 Å². The predicted octanol–water partition coefficient (Wildman–Crippen LogP) is 4.96. The molecule has 18 heavy (non-hydrogen) atoms. The third-order valence-corrected chi connectivity index (χ3v) is 3.26. The lowest BCUT2D eigenvalue weighted by molar-refractivity contribution is 0.112. The molecule has 0 radical (unpaired) electrons. The minimum absolute atomic E-state index is 0.234. The Morgan fingerprint density at radius 2 is 1.89 bits per heavy atom. The smallest absolute Gasteiger partial charge is 0.150 e. The minimum atomic E-state index is -0.511. The lowest BCUT2D eigenvalue weighted by atomic mass is 10.2. The molecule has 0 spiro atoms. The zero-order valence-corrected chi connectivity index (χ0v) is 12.2. The number of halogens is 3. The van der Waals surface area contributed by atoms with Gasteiger partial charge in [0, 0.05) is 16.1 Å². The molecule has 0 N–H and O–H groups in total. The lowest BCUT2D eigenvalue weighted by Crippen LogP contribution is -1.89. The van der Waals surface area contributed by atoms with Crippen molar-refractivity contribution in [1.29, 1.82) is 0 Å². The summed E-state index contributed by atoms with van der Waals surface area (Å²) < 4.78 is 20.4. The number of carbonyl (C=O) groups is 1. The standard InChI is InChI=1S/C13H7Br2FO2/c14-9-1-2-13(12(15)5-9)18-11-4-8(7-17)3-10(16)6-11/h1-7H. The Hall–Kier alpha value is -1.20. The first-order chi connectivity index (χ1) is 8.58. The van der Waals surface area contributed by atoms with Crippen molar-refractivity contribution >= 4 is 38.1 Å². The van der Waals surface area contributed by atoms with Gasteiger partial charge in [-0.25, -0.2) is 4.39 Å². The van der Waals surface area contributed by atoms with Crippen LogP contribution >= 0.6 is 31.9 Å². The Morgan fingerprint density at radius 3 is 2.56 bits per heavy atom. The van der Waals surface area contributed by atoms with Gasteiger partial charge in [-0.15, -0.1) is 0 Å². The second kappa shape index (κ2) is 5.63. The topological polar surface area (TPSA) is 26.3 Å². The van der Waals surface area contributed by atoms with E-state index in [4.69, 9.17) is 4.74 Å². The Kier molecular flexibility index (Phi) is 4.14. The van der Waals surface area contributed by atoms with Gasteiger partial charge in [0.1, 0.15) is 23.6 Å². The van der Waals surface area contributed by atoms with Crippen molar-refractivity contribution in [3.8, 4) is 11.5 Å². The number of hydrogen-bond donors (Lipinski definition) is 0. The van der Waals surface area contributed by atoms with Crippen LogP contribution < -0.4 is 4.74 Å². The van der Waals surface area contributed by atoms with Crippen LogP contribution in [-0.2, 0) is 0 Å². The molecule has 0 amide bonds. The monoisotopic (exact) mass is 372 g/mol. The Bertz CT molecular complexity index is 600. The number of benzene rings is 2. The van der Waals surface area contributed by atoms with Gasteiger partial charge in [-0.05, 0) is 46.3 Å². The molecule has 0 aliphatic carbocycles. The highest BCUT2D eigenvalue weighted by Gasteiger charge is 2.06. The van der Waals surface area contributed by atoms with Crippen LogP contribution in [0.25, 0.3) is 0 Å². The number of aldehydes is 1. The average Bonchev–Trinajstić information content (AvgIpc) is 2.32. The maximum atomic E-state index is 13.2. The summed E-state index contributed by atoms with van der Waals surface area (Å²) in [6.07, 6.45) is 0.576. The van der Waals surface area contributed by atoms with Crippen molar-refractivity contribution in [2.24, 2.45) is 0 Å². The minimum Gasteiger partial charge on any atom is -0.456 e. The summed E-state index contributed by atoms with van der Waals surface area (Å²) in [7, 11) is 0. The van der Waals surface area contributed by atoms with Gasteiger partial charge in [0.2, 0.25) is 0 Å². The van der Waals surface area contributed by atoms with Crippen LogP contribution in [0.3, 0.4) is 0 Å². The van der Waals surface area contributed by atoms with E-state index in [-0.39, 0.29) is 11.3 Å². The average molecular weight is 374 g/mol. The summed E-state index contributed by atoms with van der Waals surface area (Å²) in [5.41, 5.74) is 0.234. The fraction of sp³-hybridized carbons (Fsp3) is 0. The molecule has 0 fully saturated rings. The molecule has 2 aromatic rings. The van der Waals surface area contributed by atoms with Crippen molar-refractivity contribution < 1.29 is 13.9 Å². The molecule has 0 aromatic heterocycles. The summed E-state index contributed by atoms with van der Waals surface area (Å²) in [5, 5.41) is 0. The maximum absolute atomic E-state index is 13.2. The molecule has 0 heterocycles. The van der Waals surface area contributed by atoms with Crippen LogP contribution in [0, 0.1) is 5.82 Å². The molecule has 2 aromatic carbocycles. The Balaban J connectivity index is 2.33. The molecule has 0 unspecified atom stereocenters. The summed E-state index contributed by atoms with van der Waals surface area (Å²) in [6, 6.07) is 9.21. The van der Waals surface area contributed by atoms with Crippen LogP contribution in [0.5, 0.6) is 11.5 Å². The van der Waals surface area contributed by atoms with E-state index in [1.165, 1.54) is 12.1 Å². The molecule has 92 valence electrons. The van der Waals surface area contributed by atoms with Gasteiger partial charge in [-0.3, -0.25) is 4.79 Å². The molecule has 0 saturated heterocycles. The normalized spacial score (nSPS) is 10.2. The van der Waals surface area contributed by atoms with E-state index in [1.54, 1.807) is 12.1 Å². The van der Waals surface area contributed by atoms with Crippen LogP contribution in [0.4, 0.5) is 4.39 Å². The molecule has 0 aliphatic heterocycles. The van der Waals surface area contributed by atoms with Crippen LogP contribution in [0.1, 0.15) is 10.4 Å². The summed E-state index contributed by atoms with van der Waals surface area (Å²) in [5.74, 6) is 0.309. The van der Waals surface area contributed by atoms with Gasteiger partial charge in [-0.2, -0.15) is 0 Å². The van der Waals surface area contributed by atoms with Crippen LogP contribution in [0.2, 0.25) is 0 Å². The summed E-state index contributed by atoms with van der Waals surface area (Å²) in [6.45, 7) is 0. The summed E-state index contributed by atoms with van der Waals surface area (Å²) >= 11 is 6.66. The number of hydrogen-bond acceptors (Lipinski definition) is 2. The van der Waals surface area contributed by atoms with Crippen molar-refractivity contribution in [1.82, 2.24) is 0 Å². The van der Waals surface area contributed by atoms with Crippen molar-refractivity contribution in [2.75, 3.05) is 0 Å². The Morgan fingerprint density at radius 1 is 1.11 bits per heavy atom. The van der Waals surface area contributed by atoms with Crippen LogP contribution in [0.15, 0.2) is 45.3 Å². The van der Waals surface area contributed by atoms with E-state index in [0.717, 1.165) is 15.0 Å². The van der Waals surface area contributed by atoms with Crippen molar-refractivity contribution in [3.05, 3.63) is 56.7 Å². The van der Waals surface area contributed by atoms with E-state index in [2.05, 4.69) is 31.9 Å². The third-order valence-electron chi connectivity index (χ3n) is 2.15. The molecule has 2 nitrogen and oxygen atoms in total. The molecule has 5 heteroatoms. The molecule has 0 atom stereocenters. The highest BCUT2D eigenvalue weighted by molar-refractivity contribution is 9.11. The first-order valence-electron chi connectivity index (χ1n) is 4.97. The SMILES string of the molecule is O=Cc1cc(F)cc(Oc2ccc(Br)cc2Br)c1. The van der Waals surface area contributed by atoms with E-state index >= 15 is 0 Å². The van der Waals surface area contributed by atoms with Gasteiger partial charge in [0.25, 0.3) is 0 Å². The van der Waals surface area contributed by atoms with E-state index in [1.807, 2.05) is 6.07 Å². The Labute approximate surface area is 120 Å². The van der Waals surface area contributed by atoms with Gasteiger partial charge >= 0.3 is 0 Å². The van der Waals surface area contributed by atoms with E-state index in [9.17, 15) is 9.18 Å². The van der Waals surface area contributed by atoms with Gasteiger partial charge < -0.3 is 4.74 Å². The molecule has 0 saturated carbocycles. The second-order valence-corrected chi connectivity index (χ2v) is 5.28. The molecule has 2 rings (SSSR count). The number of ether oxygens (including phenoxy) is 1. The molecule has 0 bridgehead atoms. The van der Waals surface area contributed by atoms with Gasteiger partial charge in [0.15, 0.2) is 0 Å². The second-order valence-electron chi connectivity index (χ2n) is 3.51. The quantitative estimate of drug-likeness (QED) is 0.711. The largest absolute Gasteiger partial charge is 0.456 e. The highest BCUT2D eigenvalue weighted by Crippen LogP contribution is 2.32. The molecule has 0 aliphatic rings. The van der Waals surface area contributed by atoms with Crippen molar-refractivity contribution in [2.45, 2.75) is 0 Å². The fourth-order valence-electron chi connectivity index (χ4n) is 1.40. The van der Waals surface area contributed by atoms with Gasteiger partial charge in [-0.1, -0.05) is 15.9 Å². The summed E-state index contributed by atoms with van der Waals surface area (Å²) in [4.78, 5) is 10.6. The van der Waals surface area contributed by atoms with E-state index < -0.39 is 5.82 Å². The highest BCUT2D eigenvalue weighted by atomic mass is 79.9. The van der Waals surface area contributed by atoms with Crippen molar-refractivity contribution in [3.63, 3.8) is 0 Å².